The van der Waals surface area contributed by atoms with E-state index in [0.717, 1.165) is 23.7 Å². The smallest absolute Gasteiger partial charge is 0.305 e. The van der Waals surface area contributed by atoms with Crippen molar-refractivity contribution in [3.8, 4) is 0 Å². The predicted octanol–water partition coefficient (Wildman–Crippen LogP) is 1.84. The predicted molar refractivity (Wildman–Crippen MR) is 63.9 cm³/mol. The zero-order valence-corrected chi connectivity index (χ0v) is 9.82. The number of fused-ring (bicyclic) bond motifs is 5. The zero-order chi connectivity index (χ0) is 12.3. The van der Waals surface area contributed by atoms with Crippen LogP contribution >= 0.6 is 0 Å². The van der Waals surface area contributed by atoms with Gasteiger partial charge in [0.25, 0.3) is 0 Å². The van der Waals surface area contributed by atoms with E-state index in [1.165, 1.54) is 31.7 Å². The van der Waals surface area contributed by atoms with Crippen molar-refractivity contribution in [2.45, 2.75) is 25.3 Å². The van der Waals surface area contributed by atoms with E-state index in [1.54, 1.807) is 0 Å². The third-order valence-corrected chi connectivity index (χ3v) is 4.88. The average molecular weight is 246 g/mol. The highest BCUT2D eigenvalue weighted by Gasteiger charge is 2.65. The van der Waals surface area contributed by atoms with Crippen LogP contribution in [0.15, 0.2) is 12.4 Å². The molecule has 1 aromatic heterocycles. The summed E-state index contributed by atoms with van der Waals surface area (Å²) in [6.45, 7) is 0. The first-order chi connectivity index (χ1) is 8.74. The van der Waals surface area contributed by atoms with Crippen LogP contribution in [0.5, 0.6) is 0 Å². The van der Waals surface area contributed by atoms with Crippen molar-refractivity contribution in [3.63, 3.8) is 0 Å². The van der Waals surface area contributed by atoms with E-state index < -0.39 is 4.92 Å². The second kappa shape index (κ2) is 3.40. The van der Waals surface area contributed by atoms with Gasteiger partial charge in [0, 0.05) is 6.04 Å². The first-order valence-corrected chi connectivity index (χ1v) is 6.47. The lowest BCUT2D eigenvalue weighted by atomic mass is 10.0. The second-order valence-corrected chi connectivity index (χ2v) is 5.68. The highest BCUT2D eigenvalue weighted by atomic mass is 16.6. The van der Waals surface area contributed by atoms with E-state index in [2.05, 4.69) is 15.3 Å². The highest BCUT2D eigenvalue weighted by Crippen LogP contribution is 2.66. The lowest BCUT2D eigenvalue weighted by Gasteiger charge is -2.09. The standard InChI is InChI=1S/C12H14N4O2/c17-16(18)8-4-13-12(14-5-8)15-11-9-6-1-2-7(3-6)10(9)11/h4-7,9-11H,1-3H2,(H,13,14,15). The van der Waals surface area contributed by atoms with Gasteiger partial charge in [0.2, 0.25) is 5.95 Å². The van der Waals surface area contributed by atoms with E-state index in [0.29, 0.717) is 12.0 Å². The van der Waals surface area contributed by atoms with Crippen LogP contribution in [0.2, 0.25) is 0 Å². The summed E-state index contributed by atoms with van der Waals surface area (Å²) in [6.07, 6.45) is 6.70. The van der Waals surface area contributed by atoms with E-state index in [9.17, 15) is 10.1 Å². The normalized spacial score (nSPS) is 39.4. The van der Waals surface area contributed by atoms with Gasteiger partial charge in [0.1, 0.15) is 12.4 Å². The molecule has 18 heavy (non-hydrogen) atoms. The van der Waals surface area contributed by atoms with Crippen molar-refractivity contribution in [1.82, 2.24) is 9.97 Å². The first kappa shape index (κ1) is 10.2. The number of nitrogens with zero attached hydrogens (tertiary/aromatic N) is 3. The molecule has 2 bridgehead atoms. The molecular weight excluding hydrogens is 232 g/mol. The highest BCUT2D eigenvalue weighted by molar-refractivity contribution is 5.36. The van der Waals surface area contributed by atoms with Crippen molar-refractivity contribution >= 4 is 11.6 Å². The Hall–Kier alpha value is -1.72. The Bertz CT molecular complexity index is 487. The number of hydrogen-bond donors (Lipinski definition) is 1. The topological polar surface area (TPSA) is 81.0 Å². The first-order valence-electron chi connectivity index (χ1n) is 6.47. The number of nitrogens with one attached hydrogen (secondary N) is 1. The Morgan fingerprint density at radius 3 is 2.39 bits per heavy atom. The number of rotatable bonds is 3. The van der Waals surface area contributed by atoms with Gasteiger partial charge in [-0.1, -0.05) is 0 Å². The molecular formula is C12H14N4O2. The van der Waals surface area contributed by atoms with Crippen LogP contribution in [-0.4, -0.2) is 20.9 Å². The van der Waals surface area contributed by atoms with Crippen LogP contribution in [0.3, 0.4) is 0 Å². The Morgan fingerprint density at radius 2 is 1.83 bits per heavy atom. The Kier molecular flexibility index (Phi) is 1.93. The van der Waals surface area contributed by atoms with Gasteiger partial charge in [-0.15, -0.1) is 0 Å². The van der Waals surface area contributed by atoms with E-state index in [-0.39, 0.29) is 5.69 Å². The molecule has 4 unspecified atom stereocenters. The molecule has 1 aromatic rings. The summed E-state index contributed by atoms with van der Waals surface area (Å²) in [5.74, 6) is 3.94. The molecule has 0 spiro atoms. The maximum atomic E-state index is 10.5. The van der Waals surface area contributed by atoms with Gasteiger partial charge < -0.3 is 5.32 Å². The summed E-state index contributed by atoms with van der Waals surface area (Å²) in [6, 6.07) is 0.512. The fourth-order valence-corrected chi connectivity index (χ4v) is 4.16. The summed E-state index contributed by atoms with van der Waals surface area (Å²) < 4.78 is 0. The van der Waals surface area contributed by atoms with Crippen LogP contribution < -0.4 is 5.32 Å². The summed E-state index contributed by atoms with van der Waals surface area (Å²) in [5.41, 5.74) is -0.0587. The molecule has 3 aliphatic rings. The van der Waals surface area contributed by atoms with Crippen molar-refractivity contribution in [2.24, 2.45) is 23.7 Å². The molecule has 0 amide bonds. The van der Waals surface area contributed by atoms with Crippen LogP contribution in [-0.2, 0) is 0 Å². The minimum atomic E-state index is -0.476. The number of aromatic nitrogens is 2. The molecule has 3 fully saturated rings. The summed E-state index contributed by atoms with van der Waals surface area (Å²) in [7, 11) is 0. The fourth-order valence-electron chi connectivity index (χ4n) is 4.16. The lowest BCUT2D eigenvalue weighted by Crippen LogP contribution is -2.14. The molecule has 0 radical (unpaired) electrons. The minimum absolute atomic E-state index is 0.0587. The lowest BCUT2D eigenvalue weighted by molar-refractivity contribution is -0.385. The van der Waals surface area contributed by atoms with Crippen molar-refractivity contribution < 1.29 is 4.92 Å². The molecule has 6 heteroatoms. The van der Waals surface area contributed by atoms with Gasteiger partial charge in [-0.3, -0.25) is 10.1 Å². The largest absolute Gasteiger partial charge is 0.351 e. The maximum Gasteiger partial charge on any atom is 0.305 e. The summed E-state index contributed by atoms with van der Waals surface area (Å²) in [5, 5.41) is 13.8. The Balaban J connectivity index is 1.46. The number of hydrogen-bond acceptors (Lipinski definition) is 5. The minimum Gasteiger partial charge on any atom is -0.351 e. The summed E-state index contributed by atoms with van der Waals surface area (Å²) in [4.78, 5) is 18.1. The van der Waals surface area contributed by atoms with Gasteiger partial charge in [0.05, 0.1) is 4.92 Å². The molecule has 1 N–H and O–H groups in total. The molecule has 3 saturated carbocycles. The van der Waals surface area contributed by atoms with Gasteiger partial charge in [0.15, 0.2) is 0 Å². The number of nitro groups is 1. The molecule has 0 saturated heterocycles. The SMILES string of the molecule is O=[N+]([O-])c1cnc(NC2C3C4CCC(C4)C23)nc1. The Morgan fingerprint density at radius 1 is 1.22 bits per heavy atom. The summed E-state index contributed by atoms with van der Waals surface area (Å²) >= 11 is 0. The number of anilines is 1. The second-order valence-electron chi connectivity index (χ2n) is 5.68. The maximum absolute atomic E-state index is 10.5. The van der Waals surface area contributed by atoms with E-state index in [4.69, 9.17) is 0 Å². The van der Waals surface area contributed by atoms with Crippen LogP contribution in [0.1, 0.15) is 19.3 Å². The molecule has 94 valence electrons. The van der Waals surface area contributed by atoms with Crippen molar-refractivity contribution in [1.29, 1.82) is 0 Å². The molecule has 0 aliphatic heterocycles. The Labute approximate surface area is 104 Å². The molecule has 4 rings (SSSR count). The fraction of sp³-hybridized carbons (Fsp3) is 0.667. The molecule has 0 aromatic carbocycles. The third kappa shape index (κ3) is 1.34. The van der Waals surface area contributed by atoms with Crippen LogP contribution in [0.4, 0.5) is 11.6 Å². The molecule has 4 atom stereocenters. The monoisotopic (exact) mass is 246 g/mol. The quantitative estimate of drug-likeness (QED) is 0.650. The van der Waals surface area contributed by atoms with Gasteiger partial charge >= 0.3 is 5.69 Å². The average Bonchev–Trinajstić information content (AvgIpc) is 2.78. The molecule has 3 aliphatic carbocycles. The third-order valence-electron chi connectivity index (χ3n) is 4.88. The molecule has 1 heterocycles. The van der Waals surface area contributed by atoms with Crippen molar-refractivity contribution in [3.05, 3.63) is 22.5 Å². The van der Waals surface area contributed by atoms with Crippen LogP contribution in [0.25, 0.3) is 0 Å². The van der Waals surface area contributed by atoms with Crippen LogP contribution in [0, 0.1) is 33.8 Å². The molecule has 6 nitrogen and oxygen atoms in total. The van der Waals surface area contributed by atoms with Gasteiger partial charge in [-0.2, -0.15) is 0 Å². The van der Waals surface area contributed by atoms with E-state index in [1.807, 2.05) is 0 Å². The van der Waals surface area contributed by atoms with Gasteiger partial charge in [-0.05, 0) is 42.9 Å². The van der Waals surface area contributed by atoms with Gasteiger partial charge in [-0.25, -0.2) is 9.97 Å². The van der Waals surface area contributed by atoms with E-state index >= 15 is 0 Å². The van der Waals surface area contributed by atoms with Crippen molar-refractivity contribution in [2.75, 3.05) is 5.32 Å². The zero-order valence-electron chi connectivity index (χ0n) is 9.82.